The molecule has 2 heterocycles. The van der Waals surface area contributed by atoms with Crippen molar-refractivity contribution in [3.63, 3.8) is 0 Å². The molecule has 0 fully saturated rings. The van der Waals surface area contributed by atoms with Gasteiger partial charge in [-0.1, -0.05) is 24.3 Å². The third kappa shape index (κ3) is 4.07. The highest BCUT2D eigenvalue weighted by molar-refractivity contribution is 7.92. The molecule has 9 heteroatoms. The highest BCUT2D eigenvalue weighted by atomic mass is 32.2. The molecule has 1 atom stereocenters. The van der Waals surface area contributed by atoms with E-state index in [1.807, 2.05) is 24.3 Å². The van der Waals surface area contributed by atoms with Gasteiger partial charge in [0, 0.05) is 43.4 Å². The Morgan fingerprint density at radius 1 is 1.03 bits per heavy atom. The van der Waals surface area contributed by atoms with Crippen LogP contribution in [0.25, 0.3) is 10.8 Å². The number of methoxy groups -OCH3 is 3. The summed E-state index contributed by atoms with van der Waals surface area (Å²) in [6.45, 7) is 0.383. The predicted octanol–water partition coefficient (Wildman–Crippen LogP) is 4.34. The molecule has 186 valence electrons. The fourth-order valence-electron chi connectivity index (χ4n) is 5.49. The fourth-order valence-corrected chi connectivity index (χ4v) is 6.47. The number of nitrogens with zero attached hydrogens (tertiary/aromatic N) is 1. The van der Waals surface area contributed by atoms with Gasteiger partial charge in [-0.05, 0) is 54.1 Å². The standard InChI is InChI=1S/C26H31N3O5S/c1-32-19-11-12-23-20(15-19)18(16-29(23)35(4,30)31)13-14-26(25(33-2)34-3)27-21-9-5-7-17-8-6-10-22(28-26)24(17)21/h5-12,15,18,25,27-28H,13-14,16H2,1-4H3. The summed E-state index contributed by atoms with van der Waals surface area (Å²) in [4.78, 5) is 0. The van der Waals surface area contributed by atoms with E-state index in [2.05, 4.69) is 34.9 Å². The van der Waals surface area contributed by atoms with Crippen molar-refractivity contribution in [2.24, 2.45) is 0 Å². The van der Waals surface area contributed by atoms with Gasteiger partial charge < -0.3 is 24.8 Å². The average Bonchev–Trinajstić information content (AvgIpc) is 3.22. The molecule has 2 N–H and O–H groups in total. The number of sulfonamides is 1. The number of rotatable bonds is 8. The molecule has 0 saturated carbocycles. The summed E-state index contributed by atoms with van der Waals surface area (Å²) >= 11 is 0. The second-order valence-corrected chi connectivity index (χ2v) is 11.1. The lowest BCUT2D eigenvalue weighted by Crippen LogP contribution is -2.58. The minimum atomic E-state index is -3.41. The number of fused-ring (bicyclic) bond motifs is 1. The van der Waals surface area contributed by atoms with Gasteiger partial charge in [-0.3, -0.25) is 4.31 Å². The average molecular weight is 498 g/mol. The smallest absolute Gasteiger partial charge is 0.232 e. The summed E-state index contributed by atoms with van der Waals surface area (Å²) in [5.41, 5.74) is 2.92. The van der Waals surface area contributed by atoms with Crippen LogP contribution in [-0.2, 0) is 19.5 Å². The van der Waals surface area contributed by atoms with Crippen molar-refractivity contribution in [3.05, 3.63) is 60.2 Å². The fraction of sp³-hybridized carbons (Fsp3) is 0.385. The lowest BCUT2D eigenvalue weighted by atomic mass is 9.89. The van der Waals surface area contributed by atoms with Crippen LogP contribution < -0.4 is 19.7 Å². The van der Waals surface area contributed by atoms with Crippen molar-refractivity contribution in [2.75, 3.05) is 49.1 Å². The summed E-state index contributed by atoms with van der Waals surface area (Å²) in [6, 6.07) is 17.9. The number of hydrogen-bond acceptors (Lipinski definition) is 7. The third-order valence-corrected chi connectivity index (χ3v) is 8.21. The molecular formula is C26H31N3O5S. The first kappa shape index (κ1) is 23.7. The number of anilines is 3. The molecule has 3 aromatic carbocycles. The summed E-state index contributed by atoms with van der Waals surface area (Å²) in [6.07, 6.45) is 1.96. The second-order valence-electron chi connectivity index (χ2n) is 9.19. The van der Waals surface area contributed by atoms with Crippen molar-refractivity contribution in [1.82, 2.24) is 0 Å². The molecule has 0 amide bonds. The van der Waals surface area contributed by atoms with Crippen molar-refractivity contribution in [1.29, 1.82) is 0 Å². The van der Waals surface area contributed by atoms with Crippen LogP contribution in [0.3, 0.4) is 0 Å². The van der Waals surface area contributed by atoms with Crippen LogP contribution in [0.1, 0.15) is 24.3 Å². The number of ether oxygens (including phenoxy) is 3. The highest BCUT2D eigenvalue weighted by Gasteiger charge is 2.44. The van der Waals surface area contributed by atoms with Gasteiger partial charge in [0.1, 0.15) is 5.75 Å². The Bertz CT molecular complexity index is 1320. The van der Waals surface area contributed by atoms with Crippen molar-refractivity contribution in [3.8, 4) is 5.75 Å². The summed E-state index contributed by atoms with van der Waals surface area (Å²) in [5, 5.41) is 9.60. The Morgan fingerprint density at radius 2 is 1.69 bits per heavy atom. The van der Waals surface area contributed by atoms with E-state index in [9.17, 15) is 8.42 Å². The molecule has 35 heavy (non-hydrogen) atoms. The van der Waals surface area contributed by atoms with Crippen molar-refractivity contribution < 1.29 is 22.6 Å². The zero-order valence-electron chi connectivity index (χ0n) is 20.4. The highest BCUT2D eigenvalue weighted by Crippen LogP contribution is 2.45. The number of hydrogen-bond donors (Lipinski definition) is 2. The molecule has 5 rings (SSSR count). The molecule has 0 bridgehead atoms. The van der Waals surface area contributed by atoms with Crippen LogP contribution in [0.5, 0.6) is 5.75 Å². The van der Waals surface area contributed by atoms with E-state index in [1.54, 1.807) is 27.4 Å². The Morgan fingerprint density at radius 3 is 2.26 bits per heavy atom. The number of nitrogens with one attached hydrogen (secondary N) is 2. The van der Waals surface area contributed by atoms with Gasteiger partial charge in [0.15, 0.2) is 12.0 Å². The first-order chi connectivity index (χ1) is 16.8. The largest absolute Gasteiger partial charge is 0.497 e. The van der Waals surface area contributed by atoms with Gasteiger partial charge in [0.05, 0.1) is 19.1 Å². The van der Waals surface area contributed by atoms with Crippen LogP contribution in [-0.4, -0.2) is 54.5 Å². The third-order valence-electron chi connectivity index (χ3n) is 7.07. The summed E-state index contributed by atoms with van der Waals surface area (Å²) in [5.74, 6) is 0.692. The Hall–Kier alpha value is -3.01. The maximum absolute atomic E-state index is 12.5. The van der Waals surface area contributed by atoms with Gasteiger partial charge in [0.25, 0.3) is 0 Å². The Labute approximate surface area is 206 Å². The van der Waals surface area contributed by atoms with Gasteiger partial charge in [-0.25, -0.2) is 8.42 Å². The van der Waals surface area contributed by atoms with Crippen LogP contribution in [0.2, 0.25) is 0 Å². The minimum Gasteiger partial charge on any atom is -0.497 e. The zero-order valence-corrected chi connectivity index (χ0v) is 21.2. The zero-order chi connectivity index (χ0) is 24.8. The minimum absolute atomic E-state index is 0.0161. The first-order valence-corrected chi connectivity index (χ1v) is 13.4. The normalized spacial score (nSPS) is 18.3. The van der Waals surface area contributed by atoms with E-state index in [0.717, 1.165) is 27.7 Å². The second kappa shape index (κ2) is 8.89. The van der Waals surface area contributed by atoms with E-state index >= 15 is 0 Å². The van der Waals surface area contributed by atoms with E-state index in [-0.39, 0.29) is 5.92 Å². The maximum atomic E-state index is 12.5. The van der Waals surface area contributed by atoms with E-state index in [1.165, 1.54) is 10.6 Å². The Kier molecular flexibility index (Phi) is 6.03. The lowest BCUT2D eigenvalue weighted by molar-refractivity contribution is -0.136. The SMILES string of the molecule is COc1ccc2c(c1)C(CCC1(C(OC)OC)Nc3cccc4cccc(c34)N1)CN2S(C)(=O)=O. The predicted molar refractivity (Wildman–Crippen MR) is 139 cm³/mol. The molecule has 0 saturated heterocycles. The van der Waals surface area contributed by atoms with E-state index in [0.29, 0.717) is 30.8 Å². The quantitative estimate of drug-likeness (QED) is 0.448. The lowest BCUT2D eigenvalue weighted by Gasteiger charge is -2.45. The van der Waals surface area contributed by atoms with Gasteiger partial charge >= 0.3 is 0 Å². The molecule has 2 aliphatic heterocycles. The van der Waals surface area contributed by atoms with Crippen molar-refractivity contribution in [2.45, 2.75) is 30.7 Å². The number of benzene rings is 3. The molecule has 0 aliphatic carbocycles. The molecule has 0 radical (unpaired) electrons. The maximum Gasteiger partial charge on any atom is 0.232 e. The van der Waals surface area contributed by atoms with Crippen LogP contribution in [0.15, 0.2) is 54.6 Å². The monoisotopic (exact) mass is 497 g/mol. The molecular weight excluding hydrogens is 466 g/mol. The van der Waals surface area contributed by atoms with Gasteiger partial charge in [0.2, 0.25) is 10.0 Å². The molecule has 8 nitrogen and oxygen atoms in total. The van der Waals surface area contributed by atoms with Crippen molar-refractivity contribution >= 4 is 37.9 Å². The molecule has 0 spiro atoms. The summed E-state index contributed by atoms with van der Waals surface area (Å²) in [7, 11) is 1.46. The molecule has 3 aromatic rings. The van der Waals surface area contributed by atoms with E-state index in [4.69, 9.17) is 14.2 Å². The van der Waals surface area contributed by atoms with Crippen LogP contribution in [0, 0.1) is 0 Å². The van der Waals surface area contributed by atoms with E-state index < -0.39 is 22.0 Å². The topological polar surface area (TPSA) is 89.1 Å². The molecule has 0 aromatic heterocycles. The van der Waals surface area contributed by atoms with Gasteiger partial charge in [-0.15, -0.1) is 0 Å². The van der Waals surface area contributed by atoms with Crippen LogP contribution in [0.4, 0.5) is 17.1 Å². The Balaban J connectivity index is 1.50. The van der Waals surface area contributed by atoms with Crippen LogP contribution >= 0.6 is 0 Å². The molecule has 1 unspecified atom stereocenters. The molecule has 2 aliphatic rings. The summed E-state index contributed by atoms with van der Waals surface area (Å²) < 4.78 is 43.6. The van der Waals surface area contributed by atoms with Gasteiger partial charge in [-0.2, -0.15) is 0 Å². The first-order valence-electron chi connectivity index (χ1n) is 11.6.